The van der Waals surface area contributed by atoms with Crippen molar-refractivity contribution in [2.75, 3.05) is 0 Å². The van der Waals surface area contributed by atoms with E-state index in [1.807, 2.05) is 6.20 Å². The molecule has 0 aliphatic heterocycles. The standard InChI is InChI=1S/C4ClF3NS/c5-2-1-9-10-3(2)4(6,7)8. The summed E-state index contributed by atoms with van der Waals surface area (Å²) in [5.74, 6) is 0. The van der Waals surface area contributed by atoms with Crippen LogP contribution >= 0.6 is 23.1 Å². The monoisotopic (exact) mass is 186 g/mol. The molecule has 1 aromatic heterocycles. The van der Waals surface area contributed by atoms with E-state index in [0.717, 1.165) is 0 Å². The third-order valence-electron chi connectivity index (χ3n) is 0.738. The first kappa shape index (κ1) is 7.81. The van der Waals surface area contributed by atoms with Crippen molar-refractivity contribution in [3.63, 3.8) is 0 Å². The lowest BCUT2D eigenvalue weighted by Gasteiger charge is -2.00. The first-order valence-electron chi connectivity index (χ1n) is 2.12. The van der Waals surface area contributed by atoms with Crippen molar-refractivity contribution in [1.29, 1.82) is 0 Å². The summed E-state index contributed by atoms with van der Waals surface area (Å²) in [4.78, 5) is -0.894. The molecule has 0 aliphatic carbocycles. The summed E-state index contributed by atoms with van der Waals surface area (Å²) in [6.45, 7) is 0. The number of hydrogen-bond acceptors (Lipinski definition) is 2. The maximum absolute atomic E-state index is 11.7. The Balaban J connectivity index is 3.05. The molecule has 0 N–H and O–H groups in total. The van der Waals surface area contributed by atoms with Crippen molar-refractivity contribution in [2.45, 2.75) is 6.18 Å². The van der Waals surface area contributed by atoms with Gasteiger partial charge >= 0.3 is 6.18 Å². The summed E-state index contributed by atoms with van der Waals surface area (Å²) in [6.07, 6.45) is -2.40. The molecule has 0 atom stereocenters. The van der Waals surface area contributed by atoms with Crippen LogP contribution < -0.4 is 0 Å². The maximum atomic E-state index is 11.7. The molecule has 1 aromatic rings. The van der Waals surface area contributed by atoms with Gasteiger partial charge in [-0.3, -0.25) is 0 Å². The van der Waals surface area contributed by atoms with Crippen LogP contribution in [0, 0.1) is 6.20 Å². The molecule has 6 heteroatoms. The Morgan fingerprint density at radius 2 is 2.10 bits per heavy atom. The van der Waals surface area contributed by atoms with Crippen molar-refractivity contribution >= 4 is 23.1 Å². The molecular formula is C4ClF3NS. The van der Waals surface area contributed by atoms with Crippen molar-refractivity contribution in [3.05, 3.63) is 16.1 Å². The predicted molar refractivity (Wildman–Crippen MR) is 31.0 cm³/mol. The summed E-state index contributed by atoms with van der Waals surface area (Å²) in [5, 5.41) is -0.461. The predicted octanol–water partition coefficient (Wildman–Crippen LogP) is 2.62. The van der Waals surface area contributed by atoms with Crippen LogP contribution in [0.3, 0.4) is 0 Å². The Morgan fingerprint density at radius 1 is 1.50 bits per heavy atom. The van der Waals surface area contributed by atoms with E-state index in [1.165, 1.54) is 0 Å². The lowest BCUT2D eigenvalue weighted by Crippen LogP contribution is -2.01. The van der Waals surface area contributed by atoms with Gasteiger partial charge in [-0.15, -0.1) is 0 Å². The van der Waals surface area contributed by atoms with Gasteiger partial charge in [-0.25, -0.2) is 0 Å². The SMILES string of the molecule is FC(F)(F)c1sn[c]c1Cl. The summed E-state index contributed by atoms with van der Waals surface area (Å²) in [6, 6.07) is 0. The van der Waals surface area contributed by atoms with E-state index in [1.54, 1.807) is 0 Å². The summed E-state index contributed by atoms with van der Waals surface area (Å²) in [5.41, 5.74) is 0. The molecule has 1 rings (SSSR count). The van der Waals surface area contributed by atoms with Gasteiger partial charge < -0.3 is 0 Å². The number of aromatic nitrogens is 1. The highest BCUT2D eigenvalue weighted by Gasteiger charge is 2.35. The van der Waals surface area contributed by atoms with Crippen LogP contribution in [0.1, 0.15) is 4.88 Å². The Labute approximate surface area is 63.6 Å². The second-order valence-corrected chi connectivity index (χ2v) is 2.59. The Morgan fingerprint density at radius 3 is 2.30 bits per heavy atom. The highest BCUT2D eigenvalue weighted by molar-refractivity contribution is 7.06. The van der Waals surface area contributed by atoms with E-state index in [-0.39, 0.29) is 0 Å². The van der Waals surface area contributed by atoms with Crippen LogP contribution in [0.25, 0.3) is 0 Å². The van der Waals surface area contributed by atoms with Crippen LogP contribution in [0.15, 0.2) is 0 Å². The Hall–Kier alpha value is -0.290. The topological polar surface area (TPSA) is 12.9 Å². The van der Waals surface area contributed by atoms with E-state index in [0.29, 0.717) is 11.5 Å². The first-order valence-corrected chi connectivity index (χ1v) is 3.27. The van der Waals surface area contributed by atoms with Crippen LogP contribution in [0.2, 0.25) is 5.02 Å². The third kappa shape index (κ3) is 1.41. The second kappa shape index (κ2) is 2.39. The number of nitrogens with zero attached hydrogens (tertiary/aromatic N) is 1. The first-order chi connectivity index (χ1) is 4.52. The number of halogens is 4. The van der Waals surface area contributed by atoms with E-state index in [2.05, 4.69) is 4.37 Å². The maximum Gasteiger partial charge on any atom is 0.428 e. The van der Waals surface area contributed by atoms with Gasteiger partial charge in [-0.2, -0.15) is 17.5 Å². The van der Waals surface area contributed by atoms with Crippen LogP contribution in [-0.2, 0) is 6.18 Å². The largest absolute Gasteiger partial charge is 0.428 e. The molecule has 0 spiro atoms. The highest BCUT2D eigenvalue weighted by Crippen LogP contribution is 2.36. The zero-order valence-electron chi connectivity index (χ0n) is 4.37. The smallest absolute Gasteiger partial charge is 0.189 e. The van der Waals surface area contributed by atoms with Gasteiger partial charge in [0.05, 0.1) is 5.02 Å². The highest BCUT2D eigenvalue weighted by atomic mass is 35.5. The molecule has 0 amide bonds. The molecule has 55 valence electrons. The molecule has 0 aromatic carbocycles. The molecule has 1 heterocycles. The summed E-state index contributed by atoms with van der Waals surface area (Å²) >= 11 is 5.39. The fourth-order valence-corrected chi connectivity index (χ4v) is 1.14. The molecule has 10 heavy (non-hydrogen) atoms. The van der Waals surface area contributed by atoms with Crippen molar-refractivity contribution in [2.24, 2.45) is 0 Å². The fraction of sp³-hybridized carbons (Fsp3) is 0.250. The van der Waals surface area contributed by atoms with E-state index >= 15 is 0 Å². The molecular weight excluding hydrogens is 187 g/mol. The Bertz CT molecular complexity index is 231. The van der Waals surface area contributed by atoms with Gasteiger partial charge in [0.2, 0.25) is 0 Å². The zero-order chi connectivity index (χ0) is 7.78. The summed E-state index contributed by atoms with van der Waals surface area (Å²) in [7, 11) is 0. The minimum Gasteiger partial charge on any atom is -0.189 e. The number of alkyl halides is 3. The number of rotatable bonds is 0. The van der Waals surface area contributed by atoms with Crippen LogP contribution in [-0.4, -0.2) is 4.37 Å². The fourth-order valence-electron chi connectivity index (χ4n) is 0.376. The Kier molecular flexibility index (Phi) is 1.87. The normalized spacial score (nSPS) is 12.0. The van der Waals surface area contributed by atoms with Gasteiger partial charge in [-0.1, -0.05) is 11.6 Å². The molecule has 0 fully saturated rings. The average Bonchev–Trinajstić information content (AvgIpc) is 2.11. The third-order valence-corrected chi connectivity index (χ3v) is 1.92. The zero-order valence-corrected chi connectivity index (χ0v) is 5.94. The van der Waals surface area contributed by atoms with Gasteiger partial charge in [-0.05, 0) is 11.5 Å². The lowest BCUT2D eigenvalue weighted by atomic mass is 10.5. The van der Waals surface area contributed by atoms with Crippen LogP contribution in [0.5, 0.6) is 0 Å². The van der Waals surface area contributed by atoms with E-state index in [9.17, 15) is 13.2 Å². The van der Waals surface area contributed by atoms with Gasteiger partial charge in [0.15, 0.2) is 0 Å². The van der Waals surface area contributed by atoms with Crippen molar-refractivity contribution in [1.82, 2.24) is 4.37 Å². The van der Waals surface area contributed by atoms with Crippen molar-refractivity contribution in [3.8, 4) is 0 Å². The molecule has 1 nitrogen and oxygen atoms in total. The lowest BCUT2D eigenvalue weighted by molar-refractivity contribution is -0.134. The van der Waals surface area contributed by atoms with E-state index < -0.39 is 16.1 Å². The number of hydrogen-bond donors (Lipinski definition) is 0. The summed E-state index contributed by atoms with van der Waals surface area (Å²) < 4.78 is 38.4. The van der Waals surface area contributed by atoms with Gasteiger partial charge in [0, 0.05) is 0 Å². The molecule has 0 saturated carbocycles. The minimum absolute atomic E-state index is 0.294. The van der Waals surface area contributed by atoms with Crippen molar-refractivity contribution < 1.29 is 13.2 Å². The van der Waals surface area contributed by atoms with Gasteiger partial charge in [0.1, 0.15) is 11.1 Å². The van der Waals surface area contributed by atoms with Gasteiger partial charge in [0.25, 0.3) is 0 Å². The van der Waals surface area contributed by atoms with E-state index in [4.69, 9.17) is 11.6 Å². The molecule has 0 aliphatic rings. The minimum atomic E-state index is -4.39. The molecule has 1 radical (unpaired) electrons. The molecule has 0 bridgehead atoms. The second-order valence-electron chi connectivity index (χ2n) is 1.44. The molecule has 0 unspecified atom stereocenters. The molecule has 0 saturated heterocycles. The van der Waals surface area contributed by atoms with Crippen LogP contribution in [0.4, 0.5) is 13.2 Å². The average molecular weight is 187 g/mol. The quantitative estimate of drug-likeness (QED) is 0.607.